The van der Waals surface area contributed by atoms with E-state index in [1.807, 2.05) is 0 Å². The maximum atomic E-state index is 13.5. The Hall–Kier alpha value is -2.83. The van der Waals surface area contributed by atoms with Crippen LogP contribution in [0.15, 0.2) is 36.7 Å². The molecule has 2 rings (SSSR count). The molecule has 19 heavy (non-hydrogen) atoms. The number of hydrogen-bond acceptors (Lipinski definition) is 4. The first-order valence-corrected chi connectivity index (χ1v) is 5.12. The first kappa shape index (κ1) is 12.6. The van der Waals surface area contributed by atoms with Crippen LogP contribution in [0.3, 0.4) is 0 Å². The van der Waals surface area contributed by atoms with Crippen molar-refractivity contribution in [1.82, 2.24) is 4.98 Å². The molecule has 2 aromatic rings. The van der Waals surface area contributed by atoms with Crippen molar-refractivity contribution < 1.29 is 19.2 Å². The van der Waals surface area contributed by atoms with Gasteiger partial charge in [0.2, 0.25) is 5.82 Å². The molecule has 0 fully saturated rings. The highest BCUT2D eigenvalue weighted by Gasteiger charge is 2.17. The van der Waals surface area contributed by atoms with Crippen molar-refractivity contribution in [3.63, 3.8) is 0 Å². The van der Waals surface area contributed by atoms with Crippen LogP contribution in [0.1, 0.15) is 10.4 Å². The molecule has 6 nitrogen and oxygen atoms in total. The molecule has 0 amide bonds. The highest BCUT2D eigenvalue weighted by atomic mass is 19.1. The highest BCUT2D eigenvalue weighted by molar-refractivity contribution is 5.95. The van der Waals surface area contributed by atoms with Crippen LogP contribution in [-0.4, -0.2) is 21.0 Å². The molecule has 0 radical (unpaired) electrons. The Morgan fingerprint density at radius 1 is 1.37 bits per heavy atom. The molecule has 0 atom stereocenters. The monoisotopic (exact) mass is 262 g/mol. The lowest BCUT2D eigenvalue weighted by Crippen LogP contribution is -2.00. The van der Waals surface area contributed by atoms with Crippen LogP contribution in [0.25, 0.3) is 11.1 Å². The Morgan fingerprint density at radius 2 is 2.11 bits per heavy atom. The summed E-state index contributed by atoms with van der Waals surface area (Å²) in [6.45, 7) is 0. The summed E-state index contributed by atoms with van der Waals surface area (Å²) < 4.78 is 13.5. The molecular formula is C12H7FN2O4. The van der Waals surface area contributed by atoms with Crippen molar-refractivity contribution in [2.24, 2.45) is 0 Å². The fraction of sp³-hybridized carbons (Fsp3) is 0. The third kappa shape index (κ3) is 2.39. The number of halogens is 1. The molecule has 1 aromatic heterocycles. The molecule has 0 aliphatic rings. The Kier molecular flexibility index (Phi) is 3.19. The van der Waals surface area contributed by atoms with Crippen LogP contribution in [0.2, 0.25) is 0 Å². The topological polar surface area (TPSA) is 93.3 Å². The number of nitrogens with zero attached hydrogens (tertiary/aromatic N) is 2. The molecule has 96 valence electrons. The van der Waals surface area contributed by atoms with Crippen molar-refractivity contribution in [1.29, 1.82) is 0 Å². The lowest BCUT2D eigenvalue weighted by molar-refractivity contribution is -0.387. The molecular weight excluding hydrogens is 255 g/mol. The zero-order valence-corrected chi connectivity index (χ0v) is 9.41. The molecule has 0 saturated heterocycles. The van der Waals surface area contributed by atoms with Gasteiger partial charge in [-0.15, -0.1) is 0 Å². The summed E-state index contributed by atoms with van der Waals surface area (Å²) in [6, 6.07) is 4.46. The van der Waals surface area contributed by atoms with Crippen LogP contribution in [0, 0.1) is 15.9 Å². The quantitative estimate of drug-likeness (QED) is 0.677. The van der Waals surface area contributed by atoms with Gasteiger partial charge in [-0.1, -0.05) is 0 Å². The molecule has 0 aliphatic heterocycles. The van der Waals surface area contributed by atoms with E-state index in [0.717, 1.165) is 12.1 Å². The second-order valence-corrected chi connectivity index (χ2v) is 3.65. The van der Waals surface area contributed by atoms with Gasteiger partial charge in [-0.05, 0) is 23.8 Å². The first-order chi connectivity index (χ1) is 9.00. The summed E-state index contributed by atoms with van der Waals surface area (Å²) >= 11 is 0. The average Bonchev–Trinajstić information content (AvgIpc) is 2.38. The second kappa shape index (κ2) is 4.81. The van der Waals surface area contributed by atoms with Crippen molar-refractivity contribution in [3.8, 4) is 11.1 Å². The van der Waals surface area contributed by atoms with Crippen molar-refractivity contribution >= 4 is 11.7 Å². The Labute approximate surface area is 106 Å². The number of rotatable bonds is 3. The van der Waals surface area contributed by atoms with Gasteiger partial charge in [0.05, 0.1) is 10.5 Å². The molecule has 1 N–H and O–H groups in total. The van der Waals surface area contributed by atoms with Crippen molar-refractivity contribution in [2.45, 2.75) is 0 Å². The molecule has 0 saturated carbocycles. The van der Waals surface area contributed by atoms with E-state index in [1.54, 1.807) is 0 Å². The molecule has 0 unspecified atom stereocenters. The maximum Gasteiger partial charge on any atom is 0.336 e. The normalized spacial score (nSPS) is 10.2. The van der Waals surface area contributed by atoms with Crippen LogP contribution in [0.4, 0.5) is 10.1 Å². The molecule has 0 spiro atoms. The maximum absolute atomic E-state index is 13.5. The lowest BCUT2D eigenvalue weighted by atomic mass is 10.0. The van der Waals surface area contributed by atoms with E-state index < -0.39 is 22.4 Å². The summed E-state index contributed by atoms with van der Waals surface area (Å²) in [7, 11) is 0. The van der Waals surface area contributed by atoms with Gasteiger partial charge in [-0.2, -0.15) is 4.39 Å². The highest BCUT2D eigenvalue weighted by Crippen LogP contribution is 2.27. The van der Waals surface area contributed by atoms with E-state index in [-0.39, 0.29) is 16.7 Å². The number of aromatic nitrogens is 1. The third-order valence-corrected chi connectivity index (χ3v) is 2.51. The van der Waals surface area contributed by atoms with Crippen LogP contribution in [0.5, 0.6) is 0 Å². The predicted octanol–water partition coefficient (Wildman–Crippen LogP) is 2.49. The van der Waals surface area contributed by atoms with Gasteiger partial charge in [0.25, 0.3) is 0 Å². The van der Waals surface area contributed by atoms with E-state index in [2.05, 4.69) is 4.98 Å². The largest absolute Gasteiger partial charge is 0.478 e. The average molecular weight is 262 g/mol. The standard InChI is InChI=1S/C12H7FN2O4/c13-10-5-7(1-2-11(10)15(18)19)9-6-14-4-3-8(9)12(16)17/h1-6H,(H,16,17). The Morgan fingerprint density at radius 3 is 2.68 bits per heavy atom. The van der Waals surface area contributed by atoms with Gasteiger partial charge >= 0.3 is 11.7 Å². The summed E-state index contributed by atoms with van der Waals surface area (Å²) in [6.07, 6.45) is 2.57. The number of pyridine rings is 1. The van der Waals surface area contributed by atoms with Gasteiger partial charge in [-0.25, -0.2) is 4.79 Å². The van der Waals surface area contributed by atoms with Crippen LogP contribution in [-0.2, 0) is 0 Å². The number of aromatic carboxylic acids is 1. The van der Waals surface area contributed by atoms with Gasteiger partial charge in [0.15, 0.2) is 0 Å². The first-order valence-electron chi connectivity index (χ1n) is 5.12. The minimum atomic E-state index is -1.18. The number of carboxylic acid groups (broad SMARTS) is 1. The minimum Gasteiger partial charge on any atom is -0.478 e. The summed E-state index contributed by atoms with van der Waals surface area (Å²) in [5, 5.41) is 19.5. The van der Waals surface area contributed by atoms with Crippen LogP contribution >= 0.6 is 0 Å². The van der Waals surface area contributed by atoms with E-state index in [1.165, 1.54) is 24.5 Å². The third-order valence-electron chi connectivity index (χ3n) is 2.51. The van der Waals surface area contributed by atoms with Gasteiger partial charge in [-0.3, -0.25) is 15.1 Å². The molecule has 0 aliphatic carbocycles. The lowest BCUT2D eigenvalue weighted by Gasteiger charge is -2.05. The zero-order valence-electron chi connectivity index (χ0n) is 9.41. The number of nitro groups is 1. The summed E-state index contributed by atoms with van der Waals surface area (Å²) in [4.78, 5) is 24.5. The fourth-order valence-corrected chi connectivity index (χ4v) is 1.63. The number of nitro benzene ring substituents is 1. The number of carboxylic acids is 1. The van der Waals surface area contributed by atoms with Crippen molar-refractivity contribution in [3.05, 3.63) is 58.2 Å². The smallest absolute Gasteiger partial charge is 0.336 e. The number of carbonyl (C=O) groups is 1. The van der Waals surface area contributed by atoms with Gasteiger partial charge in [0.1, 0.15) is 0 Å². The number of hydrogen-bond donors (Lipinski definition) is 1. The molecule has 1 aromatic carbocycles. The van der Waals surface area contributed by atoms with E-state index in [4.69, 9.17) is 5.11 Å². The number of benzene rings is 1. The van der Waals surface area contributed by atoms with E-state index in [0.29, 0.717) is 0 Å². The second-order valence-electron chi connectivity index (χ2n) is 3.65. The molecule has 0 bridgehead atoms. The minimum absolute atomic E-state index is 0.0525. The fourth-order valence-electron chi connectivity index (χ4n) is 1.63. The van der Waals surface area contributed by atoms with E-state index >= 15 is 0 Å². The zero-order chi connectivity index (χ0) is 14.0. The summed E-state index contributed by atoms with van der Waals surface area (Å²) in [5.74, 6) is -2.21. The van der Waals surface area contributed by atoms with Crippen LogP contribution < -0.4 is 0 Å². The van der Waals surface area contributed by atoms with Crippen molar-refractivity contribution in [2.75, 3.05) is 0 Å². The van der Waals surface area contributed by atoms with Gasteiger partial charge in [0, 0.05) is 24.0 Å². The Balaban J connectivity index is 2.57. The predicted molar refractivity (Wildman–Crippen MR) is 63.2 cm³/mol. The van der Waals surface area contributed by atoms with Gasteiger partial charge < -0.3 is 5.11 Å². The molecule has 1 heterocycles. The summed E-state index contributed by atoms with van der Waals surface area (Å²) in [5.41, 5.74) is -0.301. The Bertz CT molecular complexity index is 673. The molecule has 7 heteroatoms. The van der Waals surface area contributed by atoms with E-state index in [9.17, 15) is 19.3 Å². The SMILES string of the molecule is O=C(O)c1ccncc1-c1ccc([N+](=O)[O-])c(F)c1.